The van der Waals surface area contributed by atoms with Crippen LogP contribution in [-0.2, 0) is 4.74 Å². The Bertz CT molecular complexity index is 912. The van der Waals surface area contributed by atoms with E-state index < -0.39 is 5.97 Å². The van der Waals surface area contributed by atoms with E-state index in [9.17, 15) is 4.79 Å². The largest absolute Gasteiger partial charge is 0.461 e. The first-order chi connectivity index (χ1) is 11.6. The molecule has 122 valence electrons. The number of aryl methyl sites for hydroxylation is 1. The van der Waals surface area contributed by atoms with Crippen LogP contribution in [0.5, 0.6) is 0 Å². The van der Waals surface area contributed by atoms with Crippen molar-refractivity contribution in [2.45, 2.75) is 13.8 Å². The zero-order valence-electron chi connectivity index (χ0n) is 13.3. The number of aromatic nitrogens is 2. The lowest BCUT2D eigenvalue weighted by Gasteiger charge is -2.12. The Morgan fingerprint density at radius 2 is 1.88 bits per heavy atom. The summed E-state index contributed by atoms with van der Waals surface area (Å²) < 4.78 is 5.09. The van der Waals surface area contributed by atoms with Gasteiger partial charge < -0.3 is 10.1 Å². The monoisotopic (exact) mass is 341 g/mol. The van der Waals surface area contributed by atoms with Gasteiger partial charge in [-0.15, -0.1) is 0 Å². The lowest BCUT2D eigenvalue weighted by molar-refractivity contribution is 0.0521. The van der Waals surface area contributed by atoms with Crippen molar-refractivity contribution in [3.05, 3.63) is 58.7 Å². The molecule has 24 heavy (non-hydrogen) atoms. The summed E-state index contributed by atoms with van der Waals surface area (Å²) >= 11 is 6.16. The summed E-state index contributed by atoms with van der Waals surface area (Å²) in [4.78, 5) is 21.1. The molecule has 2 aromatic carbocycles. The molecular weight excluding hydrogens is 326 g/mol. The zero-order valence-corrected chi connectivity index (χ0v) is 14.1. The Balaban J connectivity index is 2.07. The van der Waals surface area contributed by atoms with Gasteiger partial charge in [0.1, 0.15) is 0 Å². The molecule has 6 heteroatoms. The van der Waals surface area contributed by atoms with Crippen LogP contribution in [0.3, 0.4) is 0 Å². The Hall–Kier alpha value is -2.66. The number of carbonyl (C=O) groups excluding carboxylic acids is 1. The summed E-state index contributed by atoms with van der Waals surface area (Å²) in [5.74, 6) is -0.177. The van der Waals surface area contributed by atoms with Crippen LogP contribution in [0.4, 0.5) is 11.5 Å². The molecule has 0 atom stereocenters. The topological polar surface area (TPSA) is 64.1 Å². The fourth-order valence-electron chi connectivity index (χ4n) is 2.24. The Morgan fingerprint density at radius 1 is 1.17 bits per heavy atom. The third-order valence-electron chi connectivity index (χ3n) is 3.47. The van der Waals surface area contributed by atoms with Gasteiger partial charge in [-0.2, -0.15) is 0 Å². The molecule has 0 amide bonds. The molecule has 1 heterocycles. The van der Waals surface area contributed by atoms with E-state index in [2.05, 4.69) is 15.3 Å². The summed E-state index contributed by atoms with van der Waals surface area (Å²) in [5, 5.41) is 3.74. The van der Waals surface area contributed by atoms with E-state index in [1.54, 1.807) is 19.1 Å². The smallest absolute Gasteiger partial charge is 0.360 e. The molecule has 3 rings (SSSR count). The van der Waals surface area contributed by atoms with E-state index in [0.717, 1.165) is 11.3 Å². The second-order valence-electron chi connectivity index (χ2n) is 5.22. The van der Waals surface area contributed by atoms with Crippen molar-refractivity contribution < 1.29 is 9.53 Å². The van der Waals surface area contributed by atoms with Crippen LogP contribution in [-0.4, -0.2) is 22.5 Å². The van der Waals surface area contributed by atoms with Gasteiger partial charge in [0.15, 0.2) is 11.5 Å². The highest BCUT2D eigenvalue weighted by Gasteiger charge is 2.18. The lowest BCUT2D eigenvalue weighted by atomic mass is 10.2. The second kappa shape index (κ2) is 6.84. The average molecular weight is 342 g/mol. The SMILES string of the molecule is CCOC(=O)c1nc2ccccc2nc1Nc1ccc(C)c(Cl)c1. The fourth-order valence-corrected chi connectivity index (χ4v) is 2.42. The first-order valence-electron chi connectivity index (χ1n) is 7.55. The maximum absolute atomic E-state index is 12.2. The van der Waals surface area contributed by atoms with Crippen LogP contribution in [0, 0.1) is 6.92 Å². The number of halogens is 1. The minimum Gasteiger partial charge on any atom is -0.461 e. The number of fused-ring (bicyclic) bond motifs is 1. The second-order valence-corrected chi connectivity index (χ2v) is 5.63. The van der Waals surface area contributed by atoms with Gasteiger partial charge in [-0.3, -0.25) is 0 Å². The number of nitrogens with one attached hydrogen (secondary N) is 1. The summed E-state index contributed by atoms with van der Waals surface area (Å²) in [6.45, 7) is 3.94. The highest BCUT2D eigenvalue weighted by atomic mass is 35.5. The maximum Gasteiger partial charge on any atom is 0.360 e. The predicted octanol–water partition coefficient (Wildman–Crippen LogP) is 4.51. The van der Waals surface area contributed by atoms with Crippen LogP contribution in [0.1, 0.15) is 23.0 Å². The van der Waals surface area contributed by atoms with Crippen molar-refractivity contribution in [3.63, 3.8) is 0 Å². The zero-order chi connectivity index (χ0) is 17.1. The van der Waals surface area contributed by atoms with Crippen LogP contribution in [0.25, 0.3) is 11.0 Å². The Kier molecular flexibility index (Phi) is 4.62. The predicted molar refractivity (Wildman–Crippen MR) is 95.0 cm³/mol. The highest BCUT2D eigenvalue weighted by Crippen LogP contribution is 2.25. The van der Waals surface area contributed by atoms with Gasteiger partial charge >= 0.3 is 5.97 Å². The number of nitrogens with zero attached hydrogens (tertiary/aromatic N) is 2. The van der Waals surface area contributed by atoms with Crippen molar-refractivity contribution in [3.8, 4) is 0 Å². The Morgan fingerprint density at radius 3 is 2.54 bits per heavy atom. The van der Waals surface area contributed by atoms with Crippen molar-refractivity contribution in [2.75, 3.05) is 11.9 Å². The van der Waals surface area contributed by atoms with E-state index in [-0.39, 0.29) is 12.3 Å². The van der Waals surface area contributed by atoms with E-state index in [1.807, 2.05) is 37.3 Å². The van der Waals surface area contributed by atoms with Gasteiger partial charge in [-0.1, -0.05) is 29.8 Å². The molecule has 0 saturated carbocycles. The number of hydrogen-bond donors (Lipinski definition) is 1. The van der Waals surface area contributed by atoms with E-state index >= 15 is 0 Å². The van der Waals surface area contributed by atoms with E-state index in [1.165, 1.54) is 0 Å². The molecule has 0 fully saturated rings. The highest BCUT2D eigenvalue weighted by molar-refractivity contribution is 6.31. The first-order valence-corrected chi connectivity index (χ1v) is 7.93. The molecule has 0 spiro atoms. The standard InChI is InChI=1S/C18H16ClN3O2/c1-3-24-18(23)16-17(20-12-9-8-11(2)13(19)10-12)22-15-7-5-4-6-14(15)21-16/h4-10H,3H2,1-2H3,(H,20,22). The van der Waals surface area contributed by atoms with Crippen LogP contribution in [0.2, 0.25) is 5.02 Å². The van der Waals surface area contributed by atoms with Gasteiger partial charge in [0.2, 0.25) is 0 Å². The third-order valence-corrected chi connectivity index (χ3v) is 3.88. The number of hydrogen-bond acceptors (Lipinski definition) is 5. The van der Waals surface area contributed by atoms with Crippen molar-refractivity contribution in [2.24, 2.45) is 0 Å². The lowest BCUT2D eigenvalue weighted by Crippen LogP contribution is -2.12. The molecule has 1 N–H and O–H groups in total. The minimum absolute atomic E-state index is 0.146. The van der Waals surface area contributed by atoms with Gasteiger partial charge in [0.05, 0.1) is 17.6 Å². The van der Waals surface area contributed by atoms with Crippen LogP contribution >= 0.6 is 11.6 Å². The number of benzene rings is 2. The normalized spacial score (nSPS) is 10.6. The number of carbonyl (C=O) groups is 1. The number of para-hydroxylation sites is 2. The first kappa shape index (κ1) is 16.2. The summed E-state index contributed by atoms with van der Waals surface area (Å²) in [5.41, 5.74) is 3.16. The van der Waals surface area contributed by atoms with Gasteiger partial charge in [-0.25, -0.2) is 14.8 Å². The molecule has 0 radical (unpaired) electrons. The van der Waals surface area contributed by atoms with Gasteiger partial charge in [-0.05, 0) is 43.7 Å². The van der Waals surface area contributed by atoms with E-state index in [4.69, 9.17) is 16.3 Å². The molecule has 0 saturated heterocycles. The molecule has 3 aromatic rings. The molecule has 0 aliphatic carbocycles. The quantitative estimate of drug-likeness (QED) is 0.707. The van der Waals surface area contributed by atoms with Crippen LogP contribution in [0.15, 0.2) is 42.5 Å². The number of ether oxygens (including phenoxy) is 1. The molecular formula is C18H16ClN3O2. The van der Waals surface area contributed by atoms with Gasteiger partial charge in [0, 0.05) is 10.7 Å². The number of esters is 1. The minimum atomic E-state index is -0.517. The summed E-state index contributed by atoms with van der Waals surface area (Å²) in [6.07, 6.45) is 0. The fraction of sp³-hybridized carbons (Fsp3) is 0.167. The summed E-state index contributed by atoms with van der Waals surface area (Å²) in [6, 6.07) is 12.9. The average Bonchev–Trinajstić information content (AvgIpc) is 2.58. The van der Waals surface area contributed by atoms with Crippen molar-refractivity contribution in [1.29, 1.82) is 0 Å². The van der Waals surface area contributed by atoms with E-state index in [0.29, 0.717) is 21.9 Å². The molecule has 0 aliphatic heterocycles. The van der Waals surface area contributed by atoms with Crippen molar-refractivity contribution in [1.82, 2.24) is 9.97 Å². The molecule has 0 bridgehead atoms. The molecule has 5 nitrogen and oxygen atoms in total. The van der Waals surface area contributed by atoms with Crippen LogP contribution < -0.4 is 5.32 Å². The maximum atomic E-state index is 12.2. The molecule has 0 unspecified atom stereocenters. The summed E-state index contributed by atoms with van der Waals surface area (Å²) in [7, 11) is 0. The third kappa shape index (κ3) is 3.31. The number of anilines is 2. The van der Waals surface area contributed by atoms with Crippen molar-refractivity contribution >= 4 is 40.1 Å². The molecule has 0 aliphatic rings. The van der Waals surface area contributed by atoms with Gasteiger partial charge in [0.25, 0.3) is 0 Å². The number of rotatable bonds is 4. The molecule has 1 aromatic heterocycles. The Labute approximate surface area is 144 Å².